The number of nitrogens with one attached hydrogen (secondary N) is 2. The van der Waals surface area contributed by atoms with E-state index in [-0.39, 0.29) is 34.0 Å². The number of amidine groups is 1. The molecule has 0 bridgehead atoms. The maximum absolute atomic E-state index is 4.84. The molecule has 1 heterocycles. The Kier molecular flexibility index (Phi) is 12.0. The van der Waals surface area contributed by atoms with Crippen molar-refractivity contribution in [2.45, 2.75) is 51.1 Å². The molecule has 2 aromatic rings. The molecule has 0 atom stereocenters. The minimum absolute atomic E-state index is 0. The number of benzene rings is 1. The van der Waals surface area contributed by atoms with E-state index < -0.39 is 0 Å². The summed E-state index contributed by atoms with van der Waals surface area (Å²) in [5.74, 6) is 1.08. The van der Waals surface area contributed by atoms with Crippen LogP contribution in [0.5, 0.6) is 0 Å². The van der Waals surface area contributed by atoms with Crippen molar-refractivity contribution in [3.63, 3.8) is 0 Å². The van der Waals surface area contributed by atoms with Crippen LogP contribution in [0.1, 0.15) is 43.4 Å². The van der Waals surface area contributed by atoms with Gasteiger partial charge in [0.25, 0.3) is 0 Å². The fourth-order valence-corrected chi connectivity index (χ4v) is 3.86. The molecule has 0 saturated heterocycles. The van der Waals surface area contributed by atoms with E-state index in [9.17, 15) is 0 Å². The summed E-state index contributed by atoms with van der Waals surface area (Å²) < 4.78 is 0. The first-order chi connectivity index (χ1) is 11.9. The lowest BCUT2D eigenvalue weighted by Gasteiger charge is -2.15. The summed E-state index contributed by atoms with van der Waals surface area (Å²) in [5.41, 5.74) is 2.48. The summed E-state index contributed by atoms with van der Waals surface area (Å²) >= 11 is 1.85. The molecule has 1 aromatic carbocycles. The summed E-state index contributed by atoms with van der Waals surface area (Å²) in [6.45, 7) is 0.753. The molecule has 2 N–H and O–H groups in total. The molecule has 0 spiro atoms. The first kappa shape index (κ1) is 23.2. The van der Waals surface area contributed by atoms with Gasteiger partial charge in [0.05, 0.1) is 12.9 Å². The van der Waals surface area contributed by atoms with Crippen LogP contribution in [0.15, 0.2) is 47.8 Å². The van der Waals surface area contributed by atoms with Crippen LogP contribution < -0.4 is 5.32 Å². The van der Waals surface area contributed by atoms with E-state index in [1.807, 2.05) is 18.0 Å². The Labute approximate surface area is 181 Å². The van der Waals surface area contributed by atoms with E-state index in [0.717, 1.165) is 30.3 Å². The van der Waals surface area contributed by atoms with Gasteiger partial charge in [0, 0.05) is 23.7 Å². The first-order valence-corrected chi connectivity index (χ1v) is 9.83. The van der Waals surface area contributed by atoms with E-state index in [1.165, 1.54) is 36.9 Å². The number of aryl methyl sites for hydroxylation is 1. The van der Waals surface area contributed by atoms with Gasteiger partial charge in [0.15, 0.2) is 5.17 Å². The highest BCUT2D eigenvalue weighted by Crippen LogP contribution is 2.19. The van der Waals surface area contributed by atoms with Gasteiger partial charge in [-0.25, -0.2) is 4.98 Å². The van der Waals surface area contributed by atoms with Gasteiger partial charge in [-0.1, -0.05) is 54.9 Å². The number of halogens is 2. The zero-order valence-electron chi connectivity index (χ0n) is 14.9. The summed E-state index contributed by atoms with van der Waals surface area (Å²) in [6.07, 6.45) is 11.1. The highest BCUT2D eigenvalue weighted by Gasteiger charge is 2.16. The average molecular weight is 504 g/mol. The third-order valence-corrected chi connectivity index (χ3v) is 5.33. The lowest BCUT2D eigenvalue weighted by Crippen LogP contribution is -2.31. The molecule has 0 radical (unpaired) electrons. The predicted octanol–water partition coefficient (Wildman–Crippen LogP) is 5.32. The Hall–Kier alpha value is -0.790. The number of aliphatic imine (C=N–C) groups is 1. The summed E-state index contributed by atoms with van der Waals surface area (Å²) in [7, 11) is 0. The summed E-state index contributed by atoms with van der Waals surface area (Å²) in [6, 6.07) is 11.1. The van der Waals surface area contributed by atoms with Crippen molar-refractivity contribution in [2.75, 3.05) is 5.75 Å². The normalized spacial score (nSPS) is 14.5. The monoisotopic (exact) mass is 502 g/mol. The van der Waals surface area contributed by atoms with Gasteiger partial charge in [-0.3, -0.25) is 4.99 Å². The fourth-order valence-electron chi connectivity index (χ4n) is 2.98. The number of aromatic nitrogens is 2. The largest absolute Gasteiger partial charge is 0.362 e. The lowest BCUT2D eigenvalue weighted by molar-refractivity contribution is 0.633. The zero-order valence-corrected chi connectivity index (χ0v) is 19.1. The molecule has 26 heavy (non-hydrogen) atoms. The molecule has 144 valence electrons. The van der Waals surface area contributed by atoms with E-state index in [0.29, 0.717) is 6.04 Å². The molecule has 0 aliphatic heterocycles. The van der Waals surface area contributed by atoms with Gasteiger partial charge >= 0.3 is 0 Å². The molecule has 1 aromatic heterocycles. The van der Waals surface area contributed by atoms with Crippen molar-refractivity contribution in [1.29, 1.82) is 0 Å². The summed E-state index contributed by atoms with van der Waals surface area (Å²) in [4.78, 5) is 12.1. The standard InChI is InChI=1S/C19H26N4S.2BrH/c1-2-7-16(8-3-1)13-21-19(23-17-9-4-5-10-17)24-12-6-11-18-14-20-15-22-18;;/h1-3,7-8,14-15,17H,4-6,9-13H2,(H,20,22)(H,21,23);2*1H. The van der Waals surface area contributed by atoms with Crippen LogP contribution in [-0.2, 0) is 13.0 Å². The number of thioether (sulfide) groups is 1. The van der Waals surface area contributed by atoms with Crippen LogP contribution in [-0.4, -0.2) is 26.9 Å². The van der Waals surface area contributed by atoms with Crippen molar-refractivity contribution in [1.82, 2.24) is 15.3 Å². The van der Waals surface area contributed by atoms with E-state index in [4.69, 9.17) is 4.99 Å². The third kappa shape index (κ3) is 8.27. The Bertz CT molecular complexity index is 614. The van der Waals surface area contributed by atoms with Crippen LogP contribution in [0.2, 0.25) is 0 Å². The molecular weight excluding hydrogens is 476 g/mol. The fraction of sp³-hybridized carbons (Fsp3) is 0.474. The molecule has 0 amide bonds. The molecule has 1 aliphatic carbocycles. The second-order valence-corrected chi connectivity index (χ2v) is 7.35. The van der Waals surface area contributed by atoms with E-state index in [1.54, 1.807) is 6.33 Å². The number of aromatic amines is 1. The van der Waals surface area contributed by atoms with E-state index in [2.05, 4.69) is 45.6 Å². The maximum Gasteiger partial charge on any atom is 0.157 e. The van der Waals surface area contributed by atoms with Crippen LogP contribution in [0, 0.1) is 0 Å². The molecule has 7 heteroatoms. The first-order valence-electron chi connectivity index (χ1n) is 8.85. The van der Waals surface area contributed by atoms with Crippen molar-refractivity contribution >= 4 is 50.9 Å². The second-order valence-electron chi connectivity index (χ2n) is 6.26. The lowest BCUT2D eigenvalue weighted by atomic mass is 10.2. The van der Waals surface area contributed by atoms with Gasteiger partial charge in [-0.05, 0) is 31.2 Å². The maximum atomic E-state index is 4.84. The number of imidazole rings is 1. The second kappa shape index (κ2) is 13.4. The zero-order chi connectivity index (χ0) is 16.5. The van der Waals surface area contributed by atoms with Crippen LogP contribution in [0.3, 0.4) is 0 Å². The van der Waals surface area contributed by atoms with Gasteiger partial charge < -0.3 is 10.3 Å². The van der Waals surface area contributed by atoms with Crippen LogP contribution in [0.4, 0.5) is 0 Å². The van der Waals surface area contributed by atoms with Crippen molar-refractivity contribution in [2.24, 2.45) is 4.99 Å². The molecule has 0 unspecified atom stereocenters. The van der Waals surface area contributed by atoms with Gasteiger partial charge in [0.1, 0.15) is 0 Å². The topological polar surface area (TPSA) is 53.1 Å². The SMILES string of the molecule is Br.Br.c1ccc(CN=C(NC2CCCC2)SCCCc2cnc[nH]2)cc1. The number of rotatable bonds is 7. The Morgan fingerprint density at radius 2 is 1.96 bits per heavy atom. The van der Waals surface area contributed by atoms with Gasteiger partial charge in [-0.2, -0.15) is 0 Å². The van der Waals surface area contributed by atoms with E-state index >= 15 is 0 Å². The number of H-pyrrole nitrogens is 1. The quantitative estimate of drug-likeness (QED) is 0.305. The molecule has 1 saturated carbocycles. The molecule has 1 aliphatic rings. The Balaban J connectivity index is 0.00000169. The Morgan fingerprint density at radius 1 is 1.19 bits per heavy atom. The number of hydrogen-bond donors (Lipinski definition) is 2. The predicted molar refractivity (Wildman–Crippen MR) is 123 cm³/mol. The molecule has 3 rings (SSSR count). The summed E-state index contributed by atoms with van der Waals surface area (Å²) in [5, 5.41) is 4.78. The molecule has 1 fully saturated rings. The van der Waals surface area contributed by atoms with Crippen molar-refractivity contribution < 1.29 is 0 Å². The smallest absolute Gasteiger partial charge is 0.157 e. The third-order valence-electron chi connectivity index (χ3n) is 4.31. The average Bonchev–Trinajstić information content (AvgIpc) is 3.31. The van der Waals surface area contributed by atoms with Gasteiger partial charge in [0.2, 0.25) is 0 Å². The number of hydrogen-bond acceptors (Lipinski definition) is 3. The van der Waals surface area contributed by atoms with Crippen molar-refractivity contribution in [3.8, 4) is 0 Å². The van der Waals surface area contributed by atoms with Crippen LogP contribution >= 0.6 is 45.7 Å². The highest BCUT2D eigenvalue weighted by atomic mass is 79.9. The minimum atomic E-state index is 0. The molecule has 4 nitrogen and oxygen atoms in total. The Morgan fingerprint density at radius 3 is 2.65 bits per heavy atom. The van der Waals surface area contributed by atoms with Gasteiger partial charge in [-0.15, -0.1) is 34.0 Å². The highest BCUT2D eigenvalue weighted by molar-refractivity contribution is 8.93. The minimum Gasteiger partial charge on any atom is -0.362 e. The molecular formula is C19H28Br2N4S. The van der Waals surface area contributed by atoms with Crippen molar-refractivity contribution in [3.05, 3.63) is 54.1 Å². The number of nitrogens with zero attached hydrogens (tertiary/aromatic N) is 2. The van der Waals surface area contributed by atoms with Crippen LogP contribution in [0.25, 0.3) is 0 Å².